The quantitative estimate of drug-likeness (QED) is 0.685. The Labute approximate surface area is 183 Å². The minimum absolute atomic E-state index is 0.0779. The van der Waals surface area contributed by atoms with Crippen LogP contribution in [-0.4, -0.2) is 48.9 Å². The third-order valence-electron chi connectivity index (χ3n) is 6.06. The van der Waals surface area contributed by atoms with Gasteiger partial charge in [0.15, 0.2) is 0 Å². The molecule has 2 fully saturated rings. The molecule has 1 aliphatic heterocycles. The van der Waals surface area contributed by atoms with Gasteiger partial charge in [0.2, 0.25) is 0 Å². The SMILES string of the molecule is CC(=O)C(c1ccc(CN2CCOCC2)cc1)c1ccc(C(=O)N[CH]C2CC2N)cc1. The van der Waals surface area contributed by atoms with Crippen LogP contribution in [0.5, 0.6) is 0 Å². The zero-order chi connectivity index (χ0) is 21.8. The van der Waals surface area contributed by atoms with Crippen LogP contribution < -0.4 is 11.1 Å². The Balaban J connectivity index is 1.41. The number of ketones is 1. The average molecular weight is 421 g/mol. The molecule has 1 aliphatic carbocycles. The van der Waals surface area contributed by atoms with E-state index >= 15 is 0 Å². The summed E-state index contributed by atoms with van der Waals surface area (Å²) in [4.78, 5) is 27.1. The van der Waals surface area contributed by atoms with Crippen molar-refractivity contribution in [2.45, 2.75) is 31.8 Å². The van der Waals surface area contributed by atoms with Crippen molar-refractivity contribution >= 4 is 11.7 Å². The third kappa shape index (κ3) is 5.58. The predicted octanol–water partition coefficient (Wildman–Crippen LogP) is 2.48. The Morgan fingerprint density at radius 1 is 1.10 bits per heavy atom. The van der Waals surface area contributed by atoms with E-state index < -0.39 is 0 Å². The highest BCUT2D eigenvalue weighted by atomic mass is 16.5. The molecule has 6 heteroatoms. The first kappa shape index (κ1) is 21.7. The van der Waals surface area contributed by atoms with E-state index in [-0.39, 0.29) is 29.6 Å². The molecular formula is C25H30N3O3. The molecule has 2 aliphatic rings. The molecule has 2 aromatic rings. The zero-order valence-corrected chi connectivity index (χ0v) is 17.9. The number of nitrogens with one attached hydrogen (secondary N) is 1. The molecule has 0 spiro atoms. The zero-order valence-electron chi connectivity index (χ0n) is 17.9. The summed E-state index contributed by atoms with van der Waals surface area (Å²) >= 11 is 0. The number of rotatable bonds is 8. The molecule has 2 aromatic carbocycles. The van der Waals surface area contributed by atoms with Crippen molar-refractivity contribution < 1.29 is 14.3 Å². The van der Waals surface area contributed by atoms with Gasteiger partial charge in [-0.2, -0.15) is 0 Å². The van der Waals surface area contributed by atoms with Crippen LogP contribution in [0.4, 0.5) is 0 Å². The van der Waals surface area contributed by atoms with Crippen molar-refractivity contribution in [2.75, 3.05) is 26.3 Å². The Kier molecular flexibility index (Phi) is 6.80. The van der Waals surface area contributed by atoms with E-state index in [9.17, 15) is 9.59 Å². The van der Waals surface area contributed by atoms with E-state index in [0.29, 0.717) is 5.56 Å². The van der Waals surface area contributed by atoms with E-state index in [0.717, 1.165) is 50.4 Å². The summed E-state index contributed by atoms with van der Waals surface area (Å²) in [5.41, 5.74) is 9.41. The Hall–Kier alpha value is -2.54. The summed E-state index contributed by atoms with van der Waals surface area (Å²) in [6, 6.07) is 15.7. The van der Waals surface area contributed by atoms with Crippen LogP contribution in [0.2, 0.25) is 0 Å². The molecule has 1 heterocycles. The monoisotopic (exact) mass is 420 g/mol. The van der Waals surface area contributed by atoms with Gasteiger partial charge in [-0.15, -0.1) is 0 Å². The van der Waals surface area contributed by atoms with Crippen LogP contribution in [0.25, 0.3) is 0 Å². The van der Waals surface area contributed by atoms with Gasteiger partial charge < -0.3 is 15.8 Å². The number of benzene rings is 2. The number of carbonyl (C=O) groups is 2. The summed E-state index contributed by atoms with van der Waals surface area (Å²) in [7, 11) is 0. The van der Waals surface area contributed by atoms with Crippen molar-refractivity contribution in [3.63, 3.8) is 0 Å². The maximum absolute atomic E-state index is 12.5. The summed E-state index contributed by atoms with van der Waals surface area (Å²) < 4.78 is 5.41. The minimum atomic E-state index is -0.342. The molecule has 0 aromatic heterocycles. The molecule has 1 radical (unpaired) electrons. The molecule has 0 bridgehead atoms. The van der Waals surface area contributed by atoms with Gasteiger partial charge in [-0.25, -0.2) is 0 Å². The summed E-state index contributed by atoms with van der Waals surface area (Å²) in [5, 5.41) is 2.81. The number of hydrogen-bond acceptors (Lipinski definition) is 5. The molecule has 1 amide bonds. The predicted molar refractivity (Wildman–Crippen MR) is 119 cm³/mol. The summed E-state index contributed by atoms with van der Waals surface area (Å²) in [5.74, 6) is -0.145. The lowest BCUT2D eigenvalue weighted by Crippen LogP contribution is -2.35. The fourth-order valence-corrected chi connectivity index (χ4v) is 4.02. The number of ether oxygens (including phenoxy) is 1. The number of carbonyl (C=O) groups excluding carboxylic acids is 2. The van der Waals surface area contributed by atoms with Crippen LogP contribution in [0.3, 0.4) is 0 Å². The van der Waals surface area contributed by atoms with E-state index in [1.807, 2.05) is 24.3 Å². The van der Waals surface area contributed by atoms with Gasteiger partial charge in [0.05, 0.1) is 25.7 Å². The summed E-state index contributed by atoms with van der Waals surface area (Å²) in [6.07, 6.45) is 0.921. The van der Waals surface area contributed by atoms with E-state index in [2.05, 4.69) is 22.3 Å². The van der Waals surface area contributed by atoms with Gasteiger partial charge >= 0.3 is 0 Å². The van der Waals surface area contributed by atoms with Crippen LogP contribution in [0.15, 0.2) is 48.5 Å². The maximum Gasteiger partial charge on any atom is 0.251 e. The molecule has 3 atom stereocenters. The number of Topliss-reactive ketones (excluding diaryl/α,β-unsaturated/α-hetero) is 1. The fourth-order valence-electron chi connectivity index (χ4n) is 4.02. The average Bonchev–Trinajstić information content (AvgIpc) is 3.49. The number of hydrogen-bond donors (Lipinski definition) is 2. The van der Waals surface area contributed by atoms with Gasteiger partial charge in [0.1, 0.15) is 5.78 Å². The molecule has 1 saturated heterocycles. The van der Waals surface area contributed by atoms with Gasteiger partial charge in [-0.1, -0.05) is 36.4 Å². The van der Waals surface area contributed by atoms with Gasteiger partial charge in [0.25, 0.3) is 5.91 Å². The van der Waals surface area contributed by atoms with Crippen molar-refractivity contribution in [3.05, 3.63) is 77.3 Å². The lowest BCUT2D eigenvalue weighted by atomic mass is 9.87. The molecule has 163 valence electrons. The Morgan fingerprint density at radius 3 is 2.23 bits per heavy atom. The Morgan fingerprint density at radius 2 is 1.68 bits per heavy atom. The third-order valence-corrected chi connectivity index (χ3v) is 6.06. The molecule has 31 heavy (non-hydrogen) atoms. The topological polar surface area (TPSA) is 84.7 Å². The molecule has 3 unspecified atom stereocenters. The van der Waals surface area contributed by atoms with Gasteiger partial charge in [-0.3, -0.25) is 14.5 Å². The number of nitrogens with two attached hydrogens (primary N) is 1. The normalized spacial score (nSPS) is 22.0. The standard InChI is InChI=1S/C25H30N3O3/c1-17(29)24(19-4-2-18(3-5-19)16-28-10-12-31-13-11-28)20-6-8-21(9-7-20)25(30)27-15-22-14-23(22)26/h2-9,15,22-24H,10-14,16,26H2,1H3,(H,27,30). The fraction of sp³-hybridized carbons (Fsp3) is 0.400. The molecule has 3 N–H and O–H groups in total. The van der Waals surface area contributed by atoms with E-state index in [1.165, 1.54) is 5.56 Å². The molecule has 4 rings (SSSR count). The van der Waals surface area contributed by atoms with Crippen LogP contribution in [-0.2, 0) is 16.1 Å². The summed E-state index contributed by atoms with van der Waals surface area (Å²) in [6.45, 7) is 7.74. The second-order valence-corrected chi connectivity index (χ2v) is 8.50. The number of amides is 1. The van der Waals surface area contributed by atoms with Crippen molar-refractivity contribution in [1.29, 1.82) is 0 Å². The Bertz CT molecular complexity index is 905. The van der Waals surface area contributed by atoms with Crippen LogP contribution in [0, 0.1) is 12.5 Å². The van der Waals surface area contributed by atoms with Gasteiger partial charge in [-0.05, 0) is 48.1 Å². The second kappa shape index (κ2) is 9.73. The highest BCUT2D eigenvalue weighted by molar-refractivity contribution is 5.95. The van der Waals surface area contributed by atoms with Gasteiger partial charge in [0, 0.05) is 31.2 Å². The molecule has 6 nitrogen and oxygen atoms in total. The van der Waals surface area contributed by atoms with Crippen molar-refractivity contribution in [3.8, 4) is 0 Å². The molecular weight excluding hydrogens is 390 g/mol. The van der Waals surface area contributed by atoms with E-state index in [1.54, 1.807) is 25.6 Å². The van der Waals surface area contributed by atoms with Crippen LogP contribution >= 0.6 is 0 Å². The maximum atomic E-state index is 12.5. The largest absolute Gasteiger partial charge is 0.379 e. The highest BCUT2D eigenvalue weighted by Gasteiger charge is 2.33. The smallest absolute Gasteiger partial charge is 0.251 e. The lowest BCUT2D eigenvalue weighted by Gasteiger charge is -2.26. The van der Waals surface area contributed by atoms with E-state index in [4.69, 9.17) is 10.5 Å². The molecule has 1 saturated carbocycles. The van der Waals surface area contributed by atoms with Crippen molar-refractivity contribution in [1.82, 2.24) is 10.2 Å². The second-order valence-electron chi connectivity index (χ2n) is 8.50. The highest BCUT2D eigenvalue weighted by Crippen LogP contribution is 2.29. The lowest BCUT2D eigenvalue weighted by molar-refractivity contribution is -0.117. The first-order valence-corrected chi connectivity index (χ1v) is 10.9. The number of morpholine rings is 1. The minimum Gasteiger partial charge on any atom is -0.379 e. The van der Waals surface area contributed by atoms with Crippen LogP contribution in [0.1, 0.15) is 46.3 Å². The number of nitrogens with zero attached hydrogens (tertiary/aromatic N) is 1. The first-order chi connectivity index (χ1) is 15.0. The van der Waals surface area contributed by atoms with Crippen molar-refractivity contribution in [2.24, 2.45) is 11.7 Å². The first-order valence-electron chi connectivity index (χ1n) is 10.9.